The van der Waals surface area contributed by atoms with Gasteiger partial charge in [0.15, 0.2) is 5.65 Å². The van der Waals surface area contributed by atoms with Crippen LogP contribution in [0, 0.1) is 18.3 Å². The van der Waals surface area contributed by atoms with Crippen molar-refractivity contribution in [3.05, 3.63) is 34.2 Å². The Labute approximate surface area is 83.8 Å². The lowest BCUT2D eigenvalue weighted by Crippen LogP contribution is -1.89. The van der Waals surface area contributed by atoms with Crippen molar-refractivity contribution in [1.29, 1.82) is 5.26 Å². The van der Waals surface area contributed by atoms with Gasteiger partial charge in [0, 0.05) is 12.4 Å². The number of halogens is 1. The summed E-state index contributed by atoms with van der Waals surface area (Å²) in [5.74, 6) is 0. The van der Waals surface area contributed by atoms with Crippen LogP contribution in [0.2, 0.25) is 0 Å². The van der Waals surface area contributed by atoms with Crippen LogP contribution in [0.4, 0.5) is 0 Å². The Hall–Kier alpha value is -1.34. The zero-order chi connectivity index (χ0) is 9.42. The van der Waals surface area contributed by atoms with Gasteiger partial charge in [0.1, 0.15) is 10.7 Å². The molecule has 0 aliphatic rings. The first kappa shape index (κ1) is 8.27. The van der Waals surface area contributed by atoms with Gasteiger partial charge in [-0.15, -0.1) is 0 Å². The highest BCUT2D eigenvalue weighted by molar-refractivity contribution is 9.10. The summed E-state index contributed by atoms with van der Waals surface area (Å²) in [7, 11) is 0. The molecule has 0 aromatic carbocycles. The number of pyridine rings is 1. The zero-order valence-electron chi connectivity index (χ0n) is 6.95. The molecule has 0 fully saturated rings. The molecule has 0 spiro atoms. The van der Waals surface area contributed by atoms with Gasteiger partial charge in [-0.3, -0.25) is 0 Å². The molecular formula is C9H6BrN3. The number of aromatic nitrogens is 2. The minimum atomic E-state index is 0.603. The number of rotatable bonds is 0. The Kier molecular flexibility index (Phi) is 1.82. The first-order valence-corrected chi connectivity index (χ1v) is 4.55. The highest BCUT2D eigenvalue weighted by Gasteiger charge is 2.04. The minimum absolute atomic E-state index is 0.603. The molecular weight excluding hydrogens is 230 g/mol. The lowest BCUT2D eigenvalue weighted by molar-refractivity contribution is 1.15. The number of hydrogen-bond donors (Lipinski definition) is 0. The Morgan fingerprint density at radius 2 is 2.31 bits per heavy atom. The molecule has 0 N–H and O–H groups in total. The summed E-state index contributed by atoms with van der Waals surface area (Å²) in [6.45, 7) is 1.95. The van der Waals surface area contributed by atoms with Gasteiger partial charge in [0.2, 0.25) is 0 Å². The average molecular weight is 236 g/mol. The first-order valence-electron chi connectivity index (χ1n) is 3.75. The molecule has 0 bridgehead atoms. The predicted molar refractivity (Wildman–Crippen MR) is 52.3 cm³/mol. The lowest BCUT2D eigenvalue weighted by Gasteiger charge is -1.97. The van der Waals surface area contributed by atoms with Crippen LogP contribution in [0.1, 0.15) is 11.1 Å². The summed E-state index contributed by atoms with van der Waals surface area (Å²) in [5, 5.41) is 8.85. The van der Waals surface area contributed by atoms with Gasteiger partial charge in [-0.2, -0.15) is 5.26 Å². The second kappa shape index (κ2) is 2.86. The number of imidazole rings is 1. The van der Waals surface area contributed by atoms with Gasteiger partial charge in [0.25, 0.3) is 0 Å². The highest BCUT2D eigenvalue weighted by atomic mass is 79.9. The fourth-order valence-corrected chi connectivity index (χ4v) is 1.68. The molecule has 13 heavy (non-hydrogen) atoms. The van der Waals surface area contributed by atoms with Crippen molar-refractivity contribution in [2.24, 2.45) is 0 Å². The molecule has 0 saturated heterocycles. The molecule has 2 aromatic rings. The van der Waals surface area contributed by atoms with Crippen LogP contribution in [0.5, 0.6) is 0 Å². The van der Waals surface area contributed by atoms with Crippen molar-refractivity contribution < 1.29 is 0 Å². The number of aryl methyl sites for hydroxylation is 1. The van der Waals surface area contributed by atoms with Gasteiger partial charge in [-0.1, -0.05) is 0 Å². The van der Waals surface area contributed by atoms with Gasteiger partial charge < -0.3 is 4.40 Å². The van der Waals surface area contributed by atoms with Crippen LogP contribution in [-0.4, -0.2) is 9.38 Å². The zero-order valence-corrected chi connectivity index (χ0v) is 8.54. The van der Waals surface area contributed by atoms with E-state index in [1.165, 1.54) is 0 Å². The lowest BCUT2D eigenvalue weighted by atomic mass is 10.2. The van der Waals surface area contributed by atoms with E-state index in [2.05, 4.69) is 27.0 Å². The largest absolute Gasteiger partial charge is 0.305 e. The van der Waals surface area contributed by atoms with Crippen molar-refractivity contribution in [2.75, 3.05) is 0 Å². The fraction of sp³-hybridized carbons (Fsp3) is 0.111. The van der Waals surface area contributed by atoms with Crippen molar-refractivity contribution in [1.82, 2.24) is 9.38 Å². The Bertz CT molecular complexity index is 507. The van der Waals surface area contributed by atoms with Gasteiger partial charge >= 0.3 is 0 Å². The minimum Gasteiger partial charge on any atom is -0.305 e. The quantitative estimate of drug-likeness (QED) is 0.704. The van der Waals surface area contributed by atoms with E-state index >= 15 is 0 Å². The van der Waals surface area contributed by atoms with Crippen molar-refractivity contribution in [3.8, 4) is 6.07 Å². The maximum absolute atomic E-state index is 8.85. The van der Waals surface area contributed by atoms with Crippen molar-refractivity contribution in [2.45, 2.75) is 6.92 Å². The molecule has 0 aliphatic carbocycles. The summed E-state index contributed by atoms with van der Waals surface area (Å²) in [4.78, 5) is 4.18. The monoisotopic (exact) mass is 235 g/mol. The third-order valence-electron chi connectivity index (χ3n) is 1.78. The SMILES string of the molecule is Cc1cc(C#N)c2nc(Br)cn2c1. The van der Waals surface area contributed by atoms with Crippen LogP contribution in [0.15, 0.2) is 23.1 Å². The summed E-state index contributed by atoms with van der Waals surface area (Å²) in [6.07, 6.45) is 3.77. The summed E-state index contributed by atoms with van der Waals surface area (Å²) in [6, 6.07) is 3.95. The van der Waals surface area contributed by atoms with E-state index in [0.717, 1.165) is 10.2 Å². The van der Waals surface area contributed by atoms with Crippen molar-refractivity contribution >= 4 is 21.6 Å². The van der Waals surface area contributed by atoms with Gasteiger partial charge in [-0.25, -0.2) is 4.98 Å². The van der Waals surface area contributed by atoms with E-state index in [1.54, 1.807) is 0 Å². The molecule has 0 aliphatic heterocycles. The maximum Gasteiger partial charge on any atom is 0.156 e. The van der Waals surface area contributed by atoms with Gasteiger partial charge in [0.05, 0.1) is 5.56 Å². The van der Waals surface area contributed by atoms with Crippen LogP contribution in [0.25, 0.3) is 5.65 Å². The Morgan fingerprint density at radius 1 is 1.54 bits per heavy atom. The fourth-order valence-electron chi connectivity index (χ4n) is 1.29. The second-order valence-electron chi connectivity index (χ2n) is 2.84. The van der Waals surface area contributed by atoms with Crippen molar-refractivity contribution in [3.63, 3.8) is 0 Å². The molecule has 0 unspecified atom stereocenters. The van der Waals surface area contributed by atoms with E-state index in [9.17, 15) is 0 Å². The van der Waals surface area contributed by atoms with Crippen LogP contribution in [-0.2, 0) is 0 Å². The predicted octanol–water partition coefficient (Wildman–Crippen LogP) is 2.28. The van der Waals surface area contributed by atoms with E-state index in [-0.39, 0.29) is 0 Å². The first-order chi connectivity index (χ1) is 6.20. The standard InChI is InChI=1S/C9H6BrN3/c1-6-2-7(3-11)9-12-8(10)5-13(9)4-6/h2,4-5H,1H3. The van der Waals surface area contributed by atoms with E-state index < -0.39 is 0 Å². The molecule has 64 valence electrons. The molecule has 2 aromatic heterocycles. The molecule has 0 atom stereocenters. The average Bonchev–Trinajstić information content (AvgIpc) is 2.43. The van der Waals surface area contributed by atoms with Crippen LogP contribution in [0.3, 0.4) is 0 Å². The number of fused-ring (bicyclic) bond motifs is 1. The molecule has 3 nitrogen and oxygen atoms in total. The Balaban J connectivity index is 2.90. The smallest absolute Gasteiger partial charge is 0.156 e. The molecule has 2 heterocycles. The van der Waals surface area contributed by atoms with Gasteiger partial charge in [-0.05, 0) is 34.5 Å². The molecule has 0 amide bonds. The highest BCUT2D eigenvalue weighted by Crippen LogP contribution is 2.15. The normalized spacial score (nSPS) is 10.2. The third kappa shape index (κ3) is 1.31. The maximum atomic E-state index is 8.85. The number of nitrogens with zero attached hydrogens (tertiary/aromatic N) is 3. The topological polar surface area (TPSA) is 41.1 Å². The summed E-state index contributed by atoms with van der Waals surface area (Å²) in [5.41, 5.74) is 2.35. The molecule has 2 rings (SSSR count). The van der Waals surface area contributed by atoms with Crippen LogP contribution < -0.4 is 0 Å². The summed E-state index contributed by atoms with van der Waals surface area (Å²) < 4.78 is 2.59. The second-order valence-corrected chi connectivity index (χ2v) is 3.65. The summed E-state index contributed by atoms with van der Waals surface area (Å²) >= 11 is 3.27. The van der Waals surface area contributed by atoms with E-state index in [0.29, 0.717) is 11.2 Å². The number of nitriles is 1. The Morgan fingerprint density at radius 3 is 3.00 bits per heavy atom. The van der Waals surface area contributed by atoms with Crippen LogP contribution >= 0.6 is 15.9 Å². The third-order valence-corrected chi connectivity index (χ3v) is 2.16. The number of hydrogen-bond acceptors (Lipinski definition) is 2. The molecule has 0 radical (unpaired) electrons. The van der Waals surface area contributed by atoms with E-state index in [1.807, 2.05) is 29.8 Å². The molecule has 4 heteroatoms. The molecule has 0 saturated carbocycles. The van der Waals surface area contributed by atoms with E-state index in [4.69, 9.17) is 5.26 Å².